The maximum Gasteiger partial charge on any atom is 0.220 e. The lowest BCUT2D eigenvalue weighted by atomic mass is 9.98. The van der Waals surface area contributed by atoms with Crippen LogP contribution < -0.4 is 15.4 Å². The molecule has 1 heterocycles. The van der Waals surface area contributed by atoms with Crippen LogP contribution in [0, 0.1) is 0 Å². The van der Waals surface area contributed by atoms with Gasteiger partial charge in [-0.25, -0.2) is 0 Å². The Morgan fingerprint density at radius 3 is 2.18 bits per heavy atom. The number of hydrogen-bond donors (Lipinski definition) is 5. The molecule has 0 aromatic heterocycles. The van der Waals surface area contributed by atoms with Crippen LogP contribution in [0.3, 0.4) is 0 Å². The number of ketones is 2. The number of amides is 2. The van der Waals surface area contributed by atoms with Gasteiger partial charge in [0.15, 0.2) is 17.9 Å². The van der Waals surface area contributed by atoms with E-state index in [9.17, 15) is 34.5 Å². The van der Waals surface area contributed by atoms with Crippen LogP contribution in [0.25, 0.3) is 11.1 Å². The average Bonchev–Trinajstić information content (AvgIpc) is 3.10. The Morgan fingerprint density at radius 1 is 0.755 bits per heavy atom. The van der Waals surface area contributed by atoms with E-state index in [-0.39, 0.29) is 49.4 Å². The van der Waals surface area contributed by atoms with Crippen LogP contribution in [0.15, 0.2) is 48.5 Å². The standard InChI is InChI=1S/C37H52N2O10/c1-3-38-32(42)15-7-5-4-6-14-31(41)28-12-8-11-27(23-28)26-17-19-30(20-18-26)48-24-29(40)13-9-21-39-33(43)16-10-22-47-37-36(46)35(45)34(44)25(2)49-37/h8,11-12,17-20,23,25,34-37,44-46H,3-7,9-10,13-16,21-22,24H2,1-2H3,(H,38,42)(H,39,43)/t25-,34-,35?,36-,37?/m0/s1. The van der Waals surface area contributed by atoms with E-state index in [1.54, 1.807) is 19.1 Å². The summed E-state index contributed by atoms with van der Waals surface area (Å²) in [5.41, 5.74) is 2.51. The van der Waals surface area contributed by atoms with Crippen molar-refractivity contribution in [3.63, 3.8) is 0 Å². The molecule has 1 fully saturated rings. The fourth-order valence-electron chi connectivity index (χ4n) is 5.39. The zero-order chi connectivity index (χ0) is 35.6. The van der Waals surface area contributed by atoms with E-state index >= 15 is 0 Å². The largest absolute Gasteiger partial charge is 0.486 e. The Bertz CT molecular complexity index is 1330. The summed E-state index contributed by atoms with van der Waals surface area (Å²) in [4.78, 5) is 48.7. The molecule has 1 saturated heterocycles. The van der Waals surface area contributed by atoms with E-state index in [1.165, 1.54) is 0 Å². The molecule has 1 aliphatic rings. The van der Waals surface area contributed by atoms with Gasteiger partial charge >= 0.3 is 0 Å². The molecule has 5 N–H and O–H groups in total. The number of carbonyl (C=O) groups is 4. The highest BCUT2D eigenvalue weighted by atomic mass is 16.7. The Balaban J connectivity index is 1.27. The van der Waals surface area contributed by atoms with Crippen LogP contribution in [0.4, 0.5) is 0 Å². The van der Waals surface area contributed by atoms with Crippen LogP contribution in [0.5, 0.6) is 5.75 Å². The van der Waals surface area contributed by atoms with Crippen LogP contribution in [-0.4, -0.2) is 95.7 Å². The molecule has 49 heavy (non-hydrogen) atoms. The molecule has 0 saturated carbocycles. The minimum absolute atomic E-state index is 0.0761. The van der Waals surface area contributed by atoms with Gasteiger partial charge in [0, 0.05) is 44.3 Å². The highest BCUT2D eigenvalue weighted by molar-refractivity contribution is 5.97. The minimum atomic E-state index is -1.38. The predicted octanol–water partition coefficient (Wildman–Crippen LogP) is 3.48. The van der Waals surface area contributed by atoms with Gasteiger partial charge in [-0.1, -0.05) is 43.2 Å². The molecule has 0 spiro atoms. The number of aliphatic hydroxyl groups excluding tert-OH is 3. The quantitative estimate of drug-likeness (QED) is 0.0910. The first-order chi connectivity index (χ1) is 23.6. The lowest BCUT2D eigenvalue weighted by Gasteiger charge is -2.38. The van der Waals surface area contributed by atoms with E-state index in [2.05, 4.69) is 10.6 Å². The van der Waals surface area contributed by atoms with E-state index in [0.29, 0.717) is 50.1 Å². The molecule has 2 unspecified atom stereocenters. The summed E-state index contributed by atoms with van der Waals surface area (Å²) in [5, 5.41) is 35.1. The van der Waals surface area contributed by atoms with Gasteiger partial charge in [0.05, 0.1) is 12.7 Å². The zero-order valence-electron chi connectivity index (χ0n) is 28.6. The van der Waals surface area contributed by atoms with Crippen molar-refractivity contribution in [2.75, 3.05) is 26.3 Å². The average molecular weight is 685 g/mol. The summed E-state index contributed by atoms with van der Waals surface area (Å²) in [6, 6.07) is 14.9. The first-order valence-corrected chi connectivity index (χ1v) is 17.3. The molecule has 2 amide bonds. The first kappa shape index (κ1) is 39.8. The van der Waals surface area contributed by atoms with Crippen molar-refractivity contribution in [1.82, 2.24) is 10.6 Å². The van der Waals surface area contributed by atoms with Crippen LogP contribution in [0.2, 0.25) is 0 Å². The van der Waals surface area contributed by atoms with Crippen molar-refractivity contribution in [3.8, 4) is 16.9 Å². The first-order valence-electron chi connectivity index (χ1n) is 17.3. The van der Waals surface area contributed by atoms with Gasteiger partial charge in [0.25, 0.3) is 0 Å². The summed E-state index contributed by atoms with van der Waals surface area (Å²) in [5.74, 6) is 0.440. The Hall–Kier alpha value is -3.68. The van der Waals surface area contributed by atoms with Crippen molar-refractivity contribution >= 4 is 23.4 Å². The molecule has 2 aromatic rings. The molecule has 0 aliphatic carbocycles. The topological polar surface area (TPSA) is 181 Å². The van der Waals surface area contributed by atoms with Gasteiger partial charge in [-0.3, -0.25) is 19.2 Å². The number of nitrogens with one attached hydrogen (secondary N) is 2. The number of aliphatic hydroxyl groups is 3. The Morgan fingerprint density at radius 2 is 1.45 bits per heavy atom. The summed E-state index contributed by atoms with van der Waals surface area (Å²) >= 11 is 0. The molecule has 5 atom stereocenters. The molecular weight excluding hydrogens is 632 g/mol. The molecule has 270 valence electrons. The molecule has 1 aliphatic heterocycles. The number of rotatable bonds is 22. The maximum atomic E-state index is 12.8. The van der Waals surface area contributed by atoms with Crippen molar-refractivity contribution in [1.29, 1.82) is 0 Å². The number of carbonyl (C=O) groups excluding carboxylic acids is 4. The second-order valence-electron chi connectivity index (χ2n) is 12.3. The molecule has 12 heteroatoms. The number of Topliss-reactive ketones (excluding diaryl/α,β-unsaturated/α-hetero) is 2. The van der Waals surface area contributed by atoms with Crippen LogP contribution in [0.1, 0.15) is 88.4 Å². The van der Waals surface area contributed by atoms with Crippen molar-refractivity contribution in [3.05, 3.63) is 54.1 Å². The van der Waals surface area contributed by atoms with Gasteiger partial charge in [0.1, 0.15) is 30.7 Å². The second-order valence-corrected chi connectivity index (χ2v) is 12.3. The third kappa shape index (κ3) is 14.0. The molecule has 3 rings (SSSR count). The SMILES string of the molecule is CCNC(=O)CCCCCCC(=O)c1cccc(-c2ccc(OCC(=O)CCCNC(=O)CCCOC3O[C@@H](C)[C@H](O)C(O)[C@@H]3O)cc2)c1. The lowest BCUT2D eigenvalue weighted by Crippen LogP contribution is -2.57. The van der Waals surface area contributed by atoms with Gasteiger partial charge < -0.3 is 40.2 Å². The highest BCUT2D eigenvalue weighted by Gasteiger charge is 2.42. The molecular formula is C37H52N2O10. The maximum absolute atomic E-state index is 12.8. The number of unbranched alkanes of at least 4 members (excludes halogenated alkanes) is 3. The molecule has 2 aromatic carbocycles. The van der Waals surface area contributed by atoms with Gasteiger partial charge in [-0.15, -0.1) is 0 Å². The van der Waals surface area contributed by atoms with Crippen LogP contribution in [-0.2, 0) is 23.9 Å². The fourth-order valence-corrected chi connectivity index (χ4v) is 5.39. The minimum Gasteiger partial charge on any atom is -0.486 e. The third-order valence-corrected chi connectivity index (χ3v) is 8.30. The smallest absolute Gasteiger partial charge is 0.220 e. The Labute approximate surface area is 288 Å². The van der Waals surface area contributed by atoms with Gasteiger partial charge in [-0.2, -0.15) is 0 Å². The second kappa shape index (κ2) is 21.4. The number of hydrogen-bond acceptors (Lipinski definition) is 10. The fraction of sp³-hybridized carbons (Fsp3) is 0.568. The monoisotopic (exact) mass is 684 g/mol. The molecule has 12 nitrogen and oxygen atoms in total. The lowest BCUT2D eigenvalue weighted by molar-refractivity contribution is -0.293. The van der Waals surface area contributed by atoms with E-state index in [4.69, 9.17) is 14.2 Å². The zero-order valence-corrected chi connectivity index (χ0v) is 28.6. The van der Waals surface area contributed by atoms with E-state index in [0.717, 1.165) is 36.8 Å². The Kier molecular flexibility index (Phi) is 17.4. The van der Waals surface area contributed by atoms with Crippen molar-refractivity contribution in [2.24, 2.45) is 0 Å². The summed E-state index contributed by atoms with van der Waals surface area (Å²) in [6.07, 6.45) is -0.0182. The highest BCUT2D eigenvalue weighted by Crippen LogP contribution is 2.25. The van der Waals surface area contributed by atoms with Crippen molar-refractivity contribution in [2.45, 2.75) is 109 Å². The third-order valence-electron chi connectivity index (χ3n) is 8.30. The van der Waals surface area contributed by atoms with Gasteiger partial charge in [-0.05, 0) is 68.9 Å². The summed E-state index contributed by atoms with van der Waals surface area (Å²) < 4.78 is 16.4. The normalized spacial score (nSPS) is 20.4. The summed E-state index contributed by atoms with van der Waals surface area (Å²) in [7, 11) is 0. The predicted molar refractivity (Wildman–Crippen MR) is 183 cm³/mol. The number of benzene rings is 2. The van der Waals surface area contributed by atoms with Crippen molar-refractivity contribution < 1.29 is 48.7 Å². The van der Waals surface area contributed by atoms with Gasteiger partial charge in [0.2, 0.25) is 11.8 Å². The summed E-state index contributed by atoms with van der Waals surface area (Å²) in [6.45, 7) is 4.49. The van der Waals surface area contributed by atoms with Crippen LogP contribution >= 0.6 is 0 Å². The molecule has 0 bridgehead atoms. The van der Waals surface area contributed by atoms with E-state index in [1.807, 2.05) is 43.3 Å². The van der Waals surface area contributed by atoms with E-state index < -0.39 is 30.7 Å². The molecule has 0 radical (unpaired) electrons. The number of ether oxygens (including phenoxy) is 3.